The summed E-state index contributed by atoms with van der Waals surface area (Å²) in [6, 6.07) is 8.77. The first-order valence-electron chi connectivity index (χ1n) is 7.27. The van der Waals surface area contributed by atoms with Crippen molar-refractivity contribution in [2.24, 2.45) is 0 Å². The summed E-state index contributed by atoms with van der Waals surface area (Å²) in [6.45, 7) is 8.58. The van der Waals surface area contributed by atoms with Gasteiger partial charge >= 0.3 is 0 Å². The van der Waals surface area contributed by atoms with Crippen molar-refractivity contribution in [3.63, 3.8) is 0 Å². The molecule has 106 valence electrons. The lowest BCUT2D eigenvalue weighted by Gasteiger charge is -2.30. The average molecular weight is 286 g/mol. The average Bonchev–Trinajstić information content (AvgIpc) is 2.83. The van der Waals surface area contributed by atoms with E-state index in [-0.39, 0.29) is 5.41 Å². The number of rotatable bonds is 4. The number of thiazole rings is 1. The Morgan fingerprint density at radius 1 is 1.30 bits per heavy atom. The highest BCUT2D eigenvalue weighted by atomic mass is 32.1. The van der Waals surface area contributed by atoms with Crippen LogP contribution in [0.15, 0.2) is 29.6 Å². The SMILES string of the molecule is CC(C)(C)c1csc(CNCC2Cc3ccccc32)n1. The van der Waals surface area contributed by atoms with Crippen LogP contribution in [-0.4, -0.2) is 11.5 Å². The van der Waals surface area contributed by atoms with Gasteiger partial charge in [-0.05, 0) is 17.5 Å². The molecule has 3 heteroatoms. The van der Waals surface area contributed by atoms with E-state index in [0.29, 0.717) is 5.92 Å². The van der Waals surface area contributed by atoms with Crippen molar-refractivity contribution >= 4 is 11.3 Å². The highest BCUT2D eigenvalue weighted by Crippen LogP contribution is 2.34. The third-order valence-corrected chi connectivity index (χ3v) is 4.80. The molecule has 0 saturated carbocycles. The number of nitrogens with one attached hydrogen (secondary N) is 1. The molecule has 3 rings (SSSR count). The van der Waals surface area contributed by atoms with Gasteiger partial charge in [-0.3, -0.25) is 0 Å². The number of hydrogen-bond donors (Lipinski definition) is 1. The molecule has 1 unspecified atom stereocenters. The summed E-state index contributed by atoms with van der Waals surface area (Å²) in [7, 11) is 0. The van der Waals surface area contributed by atoms with Gasteiger partial charge in [0.2, 0.25) is 0 Å². The Hall–Kier alpha value is -1.19. The summed E-state index contributed by atoms with van der Waals surface area (Å²) in [5.41, 5.74) is 4.40. The molecule has 0 fully saturated rings. The number of aromatic nitrogens is 1. The van der Waals surface area contributed by atoms with Crippen LogP contribution < -0.4 is 5.32 Å². The van der Waals surface area contributed by atoms with E-state index in [2.05, 4.69) is 55.7 Å². The number of nitrogens with zero attached hydrogens (tertiary/aromatic N) is 1. The van der Waals surface area contributed by atoms with Gasteiger partial charge < -0.3 is 5.32 Å². The molecule has 0 bridgehead atoms. The number of fused-ring (bicyclic) bond motifs is 1. The predicted octanol–water partition coefficient (Wildman–Crippen LogP) is 3.87. The van der Waals surface area contributed by atoms with E-state index in [1.165, 1.54) is 28.2 Å². The minimum Gasteiger partial charge on any atom is -0.310 e. The second-order valence-corrected chi connectivity index (χ2v) is 7.55. The summed E-state index contributed by atoms with van der Waals surface area (Å²) in [5.74, 6) is 0.688. The molecule has 2 nitrogen and oxygen atoms in total. The highest BCUT2D eigenvalue weighted by Gasteiger charge is 2.24. The lowest BCUT2D eigenvalue weighted by atomic mass is 9.78. The lowest BCUT2D eigenvalue weighted by molar-refractivity contribution is 0.531. The molecule has 0 aliphatic heterocycles. The van der Waals surface area contributed by atoms with Crippen molar-refractivity contribution in [1.29, 1.82) is 0 Å². The molecule has 2 aromatic rings. The minimum absolute atomic E-state index is 0.154. The standard InChI is InChI=1S/C17H22N2S/c1-17(2,3)15-11-20-16(19-15)10-18-9-13-8-12-6-4-5-7-14(12)13/h4-7,11,13,18H,8-10H2,1-3H3. The summed E-state index contributed by atoms with van der Waals surface area (Å²) in [6.07, 6.45) is 1.22. The van der Waals surface area contributed by atoms with Crippen LogP contribution in [-0.2, 0) is 18.4 Å². The molecule has 1 aliphatic carbocycles. The van der Waals surface area contributed by atoms with Crippen LogP contribution in [0.5, 0.6) is 0 Å². The third kappa shape index (κ3) is 2.79. The second-order valence-electron chi connectivity index (χ2n) is 6.61. The van der Waals surface area contributed by atoms with Crippen LogP contribution in [0.1, 0.15) is 48.5 Å². The quantitative estimate of drug-likeness (QED) is 0.923. The zero-order valence-electron chi connectivity index (χ0n) is 12.4. The van der Waals surface area contributed by atoms with Crippen LogP contribution in [0.25, 0.3) is 0 Å². The molecule has 1 atom stereocenters. The monoisotopic (exact) mass is 286 g/mol. The summed E-state index contributed by atoms with van der Waals surface area (Å²) in [5, 5.41) is 6.94. The van der Waals surface area contributed by atoms with Crippen LogP contribution in [0.3, 0.4) is 0 Å². The van der Waals surface area contributed by atoms with Gasteiger partial charge in [-0.1, -0.05) is 45.0 Å². The summed E-state index contributed by atoms with van der Waals surface area (Å²) < 4.78 is 0. The van der Waals surface area contributed by atoms with Gasteiger partial charge in [0.1, 0.15) is 5.01 Å². The zero-order chi connectivity index (χ0) is 14.2. The Morgan fingerprint density at radius 3 is 2.80 bits per heavy atom. The lowest BCUT2D eigenvalue weighted by Crippen LogP contribution is -2.28. The fourth-order valence-corrected chi connectivity index (χ4v) is 3.63. The maximum Gasteiger partial charge on any atom is 0.107 e. The number of benzene rings is 1. The van der Waals surface area contributed by atoms with Gasteiger partial charge in [0.25, 0.3) is 0 Å². The van der Waals surface area contributed by atoms with Crippen LogP contribution in [0, 0.1) is 0 Å². The molecule has 1 aromatic heterocycles. The van der Waals surface area contributed by atoms with Gasteiger partial charge in [-0.15, -0.1) is 11.3 Å². The van der Waals surface area contributed by atoms with Crippen LogP contribution >= 0.6 is 11.3 Å². The Labute approximate surface area is 125 Å². The fourth-order valence-electron chi connectivity index (χ4n) is 2.63. The maximum atomic E-state index is 4.72. The third-order valence-electron chi connectivity index (χ3n) is 3.95. The molecule has 0 spiro atoms. The van der Waals surface area contributed by atoms with E-state index >= 15 is 0 Å². The smallest absolute Gasteiger partial charge is 0.107 e. The van der Waals surface area contributed by atoms with Crippen LogP contribution in [0.4, 0.5) is 0 Å². The molecule has 1 aliphatic rings. The minimum atomic E-state index is 0.154. The first kappa shape index (κ1) is 13.8. The topological polar surface area (TPSA) is 24.9 Å². The highest BCUT2D eigenvalue weighted by molar-refractivity contribution is 7.09. The van der Waals surface area contributed by atoms with Crippen molar-refractivity contribution in [3.8, 4) is 0 Å². The van der Waals surface area contributed by atoms with Gasteiger partial charge in [0.15, 0.2) is 0 Å². The number of hydrogen-bond acceptors (Lipinski definition) is 3. The van der Waals surface area contributed by atoms with Crippen molar-refractivity contribution < 1.29 is 0 Å². The van der Waals surface area contributed by atoms with Gasteiger partial charge in [0, 0.05) is 29.8 Å². The van der Waals surface area contributed by atoms with E-state index in [4.69, 9.17) is 4.98 Å². The summed E-state index contributed by atoms with van der Waals surface area (Å²) in [4.78, 5) is 4.72. The maximum absolute atomic E-state index is 4.72. The fraction of sp³-hybridized carbons (Fsp3) is 0.471. The molecule has 0 radical (unpaired) electrons. The first-order valence-corrected chi connectivity index (χ1v) is 8.15. The van der Waals surface area contributed by atoms with E-state index in [1.807, 2.05) is 0 Å². The molecule has 0 amide bonds. The van der Waals surface area contributed by atoms with Gasteiger partial charge in [-0.25, -0.2) is 4.98 Å². The van der Waals surface area contributed by atoms with Crippen molar-refractivity contribution in [1.82, 2.24) is 10.3 Å². The Balaban J connectivity index is 1.51. The Bertz CT molecular complexity index is 595. The van der Waals surface area contributed by atoms with E-state index in [1.54, 1.807) is 11.3 Å². The van der Waals surface area contributed by atoms with Crippen LogP contribution in [0.2, 0.25) is 0 Å². The summed E-state index contributed by atoms with van der Waals surface area (Å²) >= 11 is 1.77. The molecule has 20 heavy (non-hydrogen) atoms. The zero-order valence-corrected chi connectivity index (χ0v) is 13.3. The second kappa shape index (κ2) is 5.30. The molecule has 0 saturated heterocycles. The molecule has 1 heterocycles. The van der Waals surface area contributed by atoms with Crippen molar-refractivity contribution in [2.45, 2.75) is 45.1 Å². The first-order chi connectivity index (χ1) is 9.54. The Kier molecular flexibility index (Phi) is 3.65. The Morgan fingerprint density at radius 2 is 2.10 bits per heavy atom. The van der Waals surface area contributed by atoms with E-state index in [9.17, 15) is 0 Å². The van der Waals surface area contributed by atoms with Gasteiger partial charge in [0.05, 0.1) is 5.69 Å². The molecular formula is C17H22N2S. The molecule has 1 aromatic carbocycles. The van der Waals surface area contributed by atoms with E-state index in [0.717, 1.165) is 13.1 Å². The van der Waals surface area contributed by atoms with E-state index < -0.39 is 0 Å². The predicted molar refractivity (Wildman–Crippen MR) is 85.4 cm³/mol. The molecular weight excluding hydrogens is 264 g/mol. The largest absolute Gasteiger partial charge is 0.310 e. The van der Waals surface area contributed by atoms with Gasteiger partial charge in [-0.2, -0.15) is 0 Å². The van der Waals surface area contributed by atoms with Crippen molar-refractivity contribution in [3.05, 3.63) is 51.5 Å². The van der Waals surface area contributed by atoms with Crippen molar-refractivity contribution in [2.75, 3.05) is 6.54 Å². The normalized spacial score (nSPS) is 17.6. The molecule has 1 N–H and O–H groups in total.